The molecular formula is C35H45N9O3. The number of carbonyl (C=O) groups is 3. The van der Waals surface area contributed by atoms with Crippen LogP contribution in [-0.2, 0) is 23.1 Å². The first-order valence-electron chi connectivity index (χ1n) is 16.4. The van der Waals surface area contributed by atoms with E-state index in [-0.39, 0.29) is 36.3 Å². The van der Waals surface area contributed by atoms with Gasteiger partial charge in [-0.15, -0.1) is 10.2 Å². The number of hydrogen-bond acceptors (Lipinski definition) is 8. The number of benzene rings is 2. The van der Waals surface area contributed by atoms with Crippen molar-refractivity contribution in [2.24, 2.45) is 0 Å². The van der Waals surface area contributed by atoms with Gasteiger partial charge in [-0.05, 0) is 120 Å². The van der Waals surface area contributed by atoms with E-state index in [1.165, 1.54) is 0 Å². The molecule has 3 amide bonds. The molecular weight excluding hydrogens is 594 g/mol. The molecule has 0 saturated carbocycles. The molecule has 1 aliphatic heterocycles. The van der Waals surface area contributed by atoms with Gasteiger partial charge in [-0.3, -0.25) is 14.4 Å². The number of aromatic amines is 1. The van der Waals surface area contributed by atoms with Gasteiger partial charge >= 0.3 is 0 Å². The minimum absolute atomic E-state index is 0.0136. The zero-order valence-corrected chi connectivity index (χ0v) is 28.1. The second-order valence-corrected chi connectivity index (χ2v) is 14.1. The lowest BCUT2D eigenvalue weighted by Gasteiger charge is -2.36. The maximum Gasteiger partial charge on any atom is 0.251 e. The van der Waals surface area contributed by atoms with E-state index in [0.717, 1.165) is 28.7 Å². The Balaban J connectivity index is 1.59. The molecule has 0 spiro atoms. The monoisotopic (exact) mass is 639 g/mol. The van der Waals surface area contributed by atoms with E-state index in [1.807, 2.05) is 77.9 Å². The summed E-state index contributed by atoms with van der Waals surface area (Å²) in [5.41, 5.74) is 3.60. The third-order valence-electron chi connectivity index (χ3n) is 8.89. The summed E-state index contributed by atoms with van der Waals surface area (Å²) in [5, 5.41) is 34.6. The maximum atomic E-state index is 13.3. The Morgan fingerprint density at radius 1 is 1.04 bits per heavy atom. The van der Waals surface area contributed by atoms with Crippen molar-refractivity contribution in [2.75, 3.05) is 13.1 Å². The molecule has 1 unspecified atom stereocenters. The molecule has 4 N–H and O–H groups in total. The van der Waals surface area contributed by atoms with Crippen molar-refractivity contribution in [2.45, 2.75) is 103 Å². The van der Waals surface area contributed by atoms with Gasteiger partial charge in [-0.25, -0.2) is 0 Å². The standard InChI is InChI=1S/C35H45N9O3/c1-21(2)38-31(46)25-11-13-28-23(16-25)9-10-24-17-26(32(47)39-34(4,5)6)12-14-29(24)35(28,33-40-42-43-41-33)18-22(3)37-20-30(45)44-15-7-8-27(44)19-36/h11-14,16-17,21-22,27,37H,7-10,15,18,20H2,1-6H3,(H,38,46)(H,39,47)(H,40,41,42,43)/t22-,27+,35?/m1/s1. The summed E-state index contributed by atoms with van der Waals surface area (Å²) < 4.78 is 0. The van der Waals surface area contributed by atoms with E-state index in [9.17, 15) is 19.6 Å². The summed E-state index contributed by atoms with van der Waals surface area (Å²) in [6.45, 7) is 12.4. The van der Waals surface area contributed by atoms with Crippen molar-refractivity contribution >= 4 is 17.7 Å². The highest BCUT2D eigenvalue weighted by Gasteiger charge is 2.46. The molecule has 0 radical (unpaired) electrons. The van der Waals surface area contributed by atoms with E-state index >= 15 is 0 Å². The Kier molecular flexibility index (Phi) is 9.77. The summed E-state index contributed by atoms with van der Waals surface area (Å²) in [5.74, 6) is 0.0386. The van der Waals surface area contributed by atoms with Crippen molar-refractivity contribution in [3.63, 3.8) is 0 Å². The quantitative estimate of drug-likeness (QED) is 0.277. The van der Waals surface area contributed by atoms with Crippen LogP contribution in [0, 0.1) is 11.3 Å². The molecule has 248 valence electrons. The number of H-pyrrole nitrogens is 1. The number of tetrazole rings is 1. The third kappa shape index (κ3) is 7.20. The van der Waals surface area contributed by atoms with Crippen molar-refractivity contribution in [3.05, 3.63) is 75.6 Å². The summed E-state index contributed by atoms with van der Waals surface area (Å²) in [6, 6.07) is 13.1. The normalized spacial score (nSPS) is 19.7. The van der Waals surface area contributed by atoms with Crippen LogP contribution in [0.3, 0.4) is 0 Å². The number of aromatic nitrogens is 4. The summed E-state index contributed by atoms with van der Waals surface area (Å²) >= 11 is 0. The number of nitrogens with one attached hydrogen (secondary N) is 4. The van der Waals surface area contributed by atoms with Gasteiger partial charge in [-0.2, -0.15) is 10.5 Å². The van der Waals surface area contributed by atoms with E-state index in [2.05, 4.69) is 42.6 Å². The smallest absolute Gasteiger partial charge is 0.251 e. The van der Waals surface area contributed by atoms with Crippen molar-refractivity contribution in [3.8, 4) is 6.07 Å². The highest BCUT2D eigenvalue weighted by Crippen LogP contribution is 2.47. The SMILES string of the molecule is CC(C)NC(=O)c1ccc2c(c1)CCc1cc(C(=O)NC(C)(C)C)ccc1C2(C[C@@H](C)NCC(=O)N1CCC[C@H]1C#N)c1nn[nH]n1. The summed E-state index contributed by atoms with van der Waals surface area (Å²) in [6.07, 6.45) is 3.21. The average molecular weight is 640 g/mol. The van der Waals surface area contributed by atoms with Crippen LogP contribution in [0.25, 0.3) is 0 Å². The summed E-state index contributed by atoms with van der Waals surface area (Å²) in [7, 11) is 0. The number of hydrogen-bond donors (Lipinski definition) is 4. The molecule has 3 atom stereocenters. The van der Waals surface area contributed by atoms with E-state index < -0.39 is 17.0 Å². The molecule has 12 heteroatoms. The minimum Gasteiger partial charge on any atom is -0.350 e. The topological polar surface area (TPSA) is 169 Å². The molecule has 0 bridgehead atoms. The molecule has 2 aliphatic rings. The molecule has 1 fully saturated rings. The van der Waals surface area contributed by atoms with Crippen molar-refractivity contribution in [1.82, 2.24) is 41.5 Å². The molecule has 1 saturated heterocycles. The Morgan fingerprint density at radius 2 is 1.68 bits per heavy atom. The predicted molar refractivity (Wildman–Crippen MR) is 177 cm³/mol. The van der Waals surface area contributed by atoms with Crippen LogP contribution in [0.1, 0.15) is 110 Å². The van der Waals surface area contributed by atoms with Gasteiger partial charge in [0.1, 0.15) is 6.04 Å². The predicted octanol–water partition coefficient (Wildman–Crippen LogP) is 3.18. The minimum atomic E-state index is -0.932. The van der Waals surface area contributed by atoms with Crippen LogP contribution in [0.4, 0.5) is 0 Å². The average Bonchev–Trinajstić information content (AvgIpc) is 3.71. The van der Waals surface area contributed by atoms with E-state index in [1.54, 1.807) is 4.90 Å². The first-order valence-corrected chi connectivity index (χ1v) is 16.4. The van der Waals surface area contributed by atoms with Crippen molar-refractivity contribution < 1.29 is 14.4 Å². The van der Waals surface area contributed by atoms with Crippen LogP contribution >= 0.6 is 0 Å². The first kappa shape index (κ1) is 33.7. The van der Waals surface area contributed by atoms with E-state index in [0.29, 0.717) is 49.2 Å². The van der Waals surface area contributed by atoms with Crippen LogP contribution in [0.5, 0.6) is 0 Å². The van der Waals surface area contributed by atoms with Gasteiger partial charge in [0.05, 0.1) is 18.0 Å². The molecule has 1 aromatic heterocycles. The van der Waals surface area contributed by atoms with Crippen LogP contribution < -0.4 is 16.0 Å². The molecule has 12 nitrogen and oxygen atoms in total. The van der Waals surface area contributed by atoms with E-state index in [4.69, 9.17) is 0 Å². The van der Waals surface area contributed by atoms with Crippen molar-refractivity contribution in [1.29, 1.82) is 5.26 Å². The van der Waals surface area contributed by atoms with Crippen LogP contribution in [0.2, 0.25) is 0 Å². The fraction of sp³-hybridized carbons (Fsp3) is 0.514. The Bertz CT molecular complexity index is 1670. The number of amides is 3. The van der Waals surface area contributed by atoms with Gasteiger partial charge in [0.25, 0.3) is 11.8 Å². The molecule has 1 aliphatic carbocycles. The number of nitrogens with zero attached hydrogens (tertiary/aromatic N) is 5. The number of nitriles is 1. The largest absolute Gasteiger partial charge is 0.350 e. The number of carbonyl (C=O) groups excluding carboxylic acids is 3. The lowest BCUT2D eigenvalue weighted by atomic mass is 9.67. The van der Waals surface area contributed by atoms with Crippen LogP contribution in [0.15, 0.2) is 36.4 Å². The zero-order chi connectivity index (χ0) is 33.9. The molecule has 2 aromatic carbocycles. The molecule has 2 heterocycles. The number of aryl methyl sites for hydroxylation is 2. The highest BCUT2D eigenvalue weighted by atomic mass is 16.2. The Labute approximate surface area is 276 Å². The van der Waals surface area contributed by atoms with Gasteiger partial charge < -0.3 is 20.9 Å². The molecule has 5 rings (SSSR count). The Morgan fingerprint density at radius 3 is 2.23 bits per heavy atom. The third-order valence-corrected chi connectivity index (χ3v) is 8.89. The zero-order valence-electron chi connectivity index (χ0n) is 28.1. The fourth-order valence-corrected chi connectivity index (χ4v) is 6.88. The van der Waals surface area contributed by atoms with Gasteiger partial charge in [-0.1, -0.05) is 17.3 Å². The number of likely N-dealkylation sites (tertiary alicyclic amines) is 1. The second-order valence-electron chi connectivity index (χ2n) is 14.1. The first-order chi connectivity index (χ1) is 22.3. The van der Waals surface area contributed by atoms with Crippen LogP contribution in [-0.4, -0.2) is 80.0 Å². The van der Waals surface area contributed by atoms with Gasteiger partial charge in [0.2, 0.25) is 5.91 Å². The molecule has 3 aromatic rings. The lowest BCUT2D eigenvalue weighted by molar-refractivity contribution is -0.130. The fourth-order valence-electron chi connectivity index (χ4n) is 6.88. The van der Waals surface area contributed by atoms with Gasteiger partial charge in [0, 0.05) is 35.3 Å². The number of fused-ring (bicyclic) bond motifs is 2. The summed E-state index contributed by atoms with van der Waals surface area (Å²) in [4.78, 5) is 41.2. The highest BCUT2D eigenvalue weighted by molar-refractivity contribution is 5.95. The lowest BCUT2D eigenvalue weighted by Crippen LogP contribution is -2.45. The maximum absolute atomic E-state index is 13.3. The number of rotatable bonds is 9. The van der Waals surface area contributed by atoms with Gasteiger partial charge in [0.15, 0.2) is 5.82 Å². The molecule has 47 heavy (non-hydrogen) atoms. The Hall–Kier alpha value is -4.63. The second kappa shape index (κ2) is 13.6.